The smallest absolute Gasteiger partial charge is 0.257 e. The van der Waals surface area contributed by atoms with Gasteiger partial charge in [0, 0.05) is 13.1 Å². The molecule has 0 unspecified atom stereocenters. The van der Waals surface area contributed by atoms with Crippen LogP contribution in [0.5, 0.6) is 0 Å². The molecule has 2 aromatic heterocycles. The molecule has 0 aliphatic rings. The Morgan fingerprint density at radius 3 is 2.67 bits per heavy atom. The summed E-state index contributed by atoms with van der Waals surface area (Å²) in [6, 6.07) is 3.93. The Bertz CT molecular complexity index is 494. The van der Waals surface area contributed by atoms with Gasteiger partial charge in [0.25, 0.3) is 5.89 Å². The van der Waals surface area contributed by atoms with Crippen LogP contribution >= 0.6 is 11.3 Å². The maximum atomic E-state index is 5.63. The molecule has 0 atom stereocenters. The second-order valence-corrected chi connectivity index (χ2v) is 4.70. The lowest BCUT2D eigenvalue weighted by Crippen LogP contribution is -2.23. The molecule has 94 valence electrons. The maximum Gasteiger partial charge on any atom is 0.257 e. The fourth-order valence-corrected chi connectivity index (χ4v) is 2.22. The van der Waals surface area contributed by atoms with E-state index in [2.05, 4.69) is 28.3 Å². The van der Waals surface area contributed by atoms with E-state index in [0.717, 1.165) is 18.0 Å². The summed E-state index contributed by atoms with van der Waals surface area (Å²) in [6.07, 6.45) is 3.69. The number of thiophene rings is 1. The van der Waals surface area contributed by atoms with E-state index in [1.807, 2.05) is 29.7 Å². The van der Waals surface area contributed by atoms with Gasteiger partial charge < -0.3 is 4.42 Å². The van der Waals surface area contributed by atoms with Crippen LogP contribution in [0.3, 0.4) is 0 Å². The van der Waals surface area contributed by atoms with Gasteiger partial charge in [0.05, 0.1) is 11.4 Å². The van der Waals surface area contributed by atoms with Gasteiger partial charge in [-0.05, 0) is 11.4 Å². The van der Waals surface area contributed by atoms with Crippen LogP contribution in [0.2, 0.25) is 0 Å². The molecule has 0 saturated carbocycles. The minimum Gasteiger partial charge on any atom is -0.419 e. The van der Waals surface area contributed by atoms with Crippen LogP contribution in [0.1, 0.15) is 5.89 Å². The standard InChI is InChI=1S/C13H15N3OS/c1-3-7-16(8-4-2)10-12-14-15-13(17-12)11-6-5-9-18-11/h3-6,9H,1-2,7-8,10H2. The van der Waals surface area contributed by atoms with E-state index < -0.39 is 0 Å². The fourth-order valence-electron chi connectivity index (χ4n) is 1.58. The molecular formula is C13H15N3OS. The summed E-state index contributed by atoms with van der Waals surface area (Å²) in [6.45, 7) is 9.60. The Morgan fingerprint density at radius 1 is 1.28 bits per heavy atom. The van der Waals surface area contributed by atoms with Gasteiger partial charge in [-0.2, -0.15) is 0 Å². The molecule has 0 N–H and O–H groups in total. The summed E-state index contributed by atoms with van der Waals surface area (Å²) in [5.41, 5.74) is 0. The highest BCUT2D eigenvalue weighted by Gasteiger charge is 2.11. The predicted octanol–water partition coefficient (Wildman–Crippen LogP) is 2.97. The third-order valence-corrected chi connectivity index (χ3v) is 3.19. The van der Waals surface area contributed by atoms with E-state index in [-0.39, 0.29) is 0 Å². The zero-order valence-electron chi connectivity index (χ0n) is 10.1. The SMILES string of the molecule is C=CCN(CC=C)Cc1nnc(-c2cccs2)o1. The third kappa shape index (κ3) is 3.15. The van der Waals surface area contributed by atoms with Crippen LogP contribution in [0.15, 0.2) is 47.2 Å². The van der Waals surface area contributed by atoms with E-state index in [4.69, 9.17) is 4.42 Å². The second-order valence-electron chi connectivity index (χ2n) is 3.75. The first kappa shape index (κ1) is 12.7. The van der Waals surface area contributed by atoms with E-state index in [1.54, 1.807) is 11.3 Å². The minimum atomic E-state index is 0.581. The van der Waals surface area contributed by atoms with Gasteiger partial charge >= 0.3 is 0 Å². The van der Waals surface area contributed by atoms with Crippen molar-refractivity contribution >= 4 is 11.3 Å². The minimum absolute atomic E-state index is 0.581. The lowest BCUT2D eigenvalue weighted by molar-refractivity contribution is 0.289. The van der Waals surface area contributed by atoms with Crippen LogP contribution < -0.4 is 0 Å². The van der Waals surface area contributed by atoms with E-state index in [9.17, 15) is 0 Å². The first-order valence-corrected chi connectivity index (χ1v) is 6.52. The molecule has 0 radical (unpaired) electrons. The summed E-state index contributed by atoms with van der Waals surface area (Å²) >= 11 is 1.59. The average Bonchev–Trinajstić information content (AvgIpc) is 2.98. The molecule has 0 amide bonds. The number of nitrogens with zero attached hydrogens (tertiary/aromatic N) is 3. The van der Waals surface area contributed by atoms with Crippen molar-refractivity contribution in [3.05, 3.63) is 48.7 Å². The quantitative estimate of drug-likeness (QED) is 0.719. The molecule has 0 aliphatic carbocycles. The van der Waals surface area contributed by atoms with Crippen LogP contribution in [-0.4, -0.2) is 28.2 Å². The van der Waals surface area contributed by atoms with Gasteiger partial charge in [0.2, 0.25) is 5.89 Å². The topological polar surface area (TPSA) is 42.2 Å². The van der Waals surface area contributed by atoms with Gasteiger partial charge in [-0.1, -0.05) is 18.2 Å². The van der Waals surface area contributed by atoms with Crippen molar-refractivity contribution in [3.8, 4) is 10.8 Å². The zero-order chi connectivity index (χ0) is 12.8. The first-order chi connectivity index (χ1) is 8.83. The van der Waals surface area contributed by atoms with Crippen molar-refractivity contribution in [2.75, 3.05) is 13.1 Å². The highest BCUT2D eigenvalue weighted by Crippen LogP contribution is 2.23. The van der Waals surface area contributed by atoms with Crippen LogP contribution in [0.4, 0.5) is 0 Å². The molecule has 0 aromatic carbocycles. The summed E-state index contributed by atoms with van der Waals surface area (Å²) in [4.78, 5) is 3.11. The van der Waals surface area contributed by atoms with Crippen molar-refractivity contribution in [2.45, 2.75) is 6.54 Å². The summed E-state index contributed by atoms with van der Waals surface area (Å²) < 4.78 is 5.63. The number of hydrogen-bond acceptors (Lipinski definition) is 5. The molecule has 5 heteroatoms. The van der Waals surface area contributed by atoms with Gasteiger partial charge in [-0.25, -0.2) is 0 Å². The summed E-state index contributed by atoms with van der Waals surface area (Å²) in [5.74, 6) is 1.19. The Balaban J connectivity index is 2.05. The Labute approximate surface area is 110 Å². The molecular weight excluding hydrogens is 246 g/mol. The van der Waals surface area contributed by atoms with Gasteiger partial charge in [0.15, 0.2) is 0 Å². The van der Waals surface area contributed by atoms with Crippen molar-refractivity contribution < 1.29 is 4.42 Å². The third-order valence-electron chi connectivity index (χ3n) is 2.33. The molecule has 2 heterocycles. The maximum absolute atomic E-state index is 5.63. The lowest BCUT2D eigenvalue weighted by Gasteiger charge is -2.15. The normalized spacial score (nSPS) is 10.7. The first-order valence-electron chi connectivity index (χ1n) is 5.64. The molecule has 0 bridgehead atoms. The molecule has 0 saturated heterocycles. The van der Waals surface area contributed by atoms with E-state index in [1.165, 1.54) is 0 Å². The van der Waals surface area contributed by atoms with Crippen LogP contribution in [-0.2, 0) is 6.54 Å². The summed E-state index contributed by atoms with van der Waals surface area (Å²) in [7, 11) is 0. The fraction of sp³-hybridized carbons (Fsp3) is 0.231. The number of hydrogen-bond donors (Lipinski definition) is 0. The van der Waals surface area contributed by atoms with Gasteiger partial charge in [-0.3, -0.25) is 4.90 Å². The monoisotopic (exact) mass is 261 g/mol. The van der Waals surface area contributed by atoms with Gasteiger partial charge in [0.1, 0.15) is 0 Å². The molecule has 0 aliphatic heterocycles. The Morgan fingerprint density at radius 2 is 2.06 bits per heavy atom. The van der Waals surface area contributed by atoms with Crippen molar-refractivity contribution in [2.24, 2.45) is 0 Å². The molecule has 0 fully saturated rings. The second kappa shape index (κ2) is 6.28. The molecule has 0 spiro atoms. The molecule has 4 nitrogen and oxygen atoms in total. The van der Waals surface area contributed by atoms with E-state index in [0.29, 0.717) is 18.3 Å². The lowest BCUT2D eigenvalue weighted by atomic mass is 10.4. The Kier molecular flexibility index (Phi) is 4.44. The predicted molar refractivity (Wildman–Crippen MR) is 73.3 cm³/mol. The Hall–Kier alpha value is -1.72. The van der Waals surface area contributed by atoms with Crippen LogP contribution in [0.25, 0.3) is 10.8 Å². The van der Waals surface area contributed by atoms with Gasteiger partial charge in [-0.15, -0.1) is 34.7 Å². The summed E-state index contributed by atoms with van der Waals surface area (Å²) in [5, 5.41) is 10.1. The van der Waals surface area contributed by atoms with Crippen molar-refractivity contribution in [1.82, 2.24) is 15.1 Å². The van der Waals surface area contributed by atoms with E-state index >= 15 is 0 Å². The molecule has 2 aromatic rings. The highest BCUT2D eigenvalue weighted by atomic mass is 32.1. The number of rotatable bonds is 7. The number of aromatic nitrogens is 2. The largest absolute Gasteiger partial charge is 0.419 e. The zero-order valence-corrected chi connectivity index (χ0v) is 10.9. The average molecular weight is 261 g/mol. The highest BCUT2D eigenvalue weighted by molar-refractivity contribution is 7.13. The molecule has 2 rings (SSSR count). The van der Waals surface area contributed by atoms with Crippen LogP contribution in [0, 0.1) is 0 Å². The molecule has 18 heavy (non-hydrogen) atoms. The van der Waals surface area contributed by atoms with Crippen molar-refractivity contribution in [1.29, 1.82) is 0 Å². The van der Waals surface area contributed by atoms with Crippen molar-refractivity contribution in [3.63, 3.8) is 0 Å².